The van der Waals surface area contributed by atoms with Gasteiger partial charge in [0.05, 0.1) is 24.2 Å². The maximum Gasteiger partial charge on any atom is 0.316 e. The summed E-state index contributed by atoms with van der Waals surface area (Å²) in [6.45, 7) is 2.10. The maximum absolute atomic E-state index is 11.7. The molecule has 0 aliphatic carbocycles. The Labute approximate surface area is 122 Å². The third-order valence-corrected chi connectivity index (χ3v) is 3.97. The van der Waals surface area contributed by atoms with E-state index < -0.39 is 0 Å². The van der Waals surface area contributed by atoms with Crippen LogP contribution in [-0.4, -0.2) is 34.4 Å². The molecular formula is C11H11N3O4S2. The molecule has 0 atom stereocenters. The Kier molecular flexibility index (Phi) is 5.13. The van der Waals surface area contributed by atoms with Crippen LogP contribution in [-0.2, 0) is 9.53 Å². The number of rotatable bonds is 6. The van der Waals surface area contributed by atoms with Crippen LogP contribution in [0.4, 0.5) is 5.13 Å². The molecular weight excluding hydrogens is 302 g/mol. The molecule has 2 aromatic heterocycles. The van der Waals surface area contributed by atoms with E-state index in [9.17, 15) is 9.59 Å². The Bertz CT molecular complexity index is 582. The van der Waals surface area contributed by atoms with Crippen LogP contribution in [0, 0.1) is 0 Å². The van der Waals surface area contributed by atoms with Gasteiger partial charge in [0.25, 0.3) is 5.91 Å². The number of hydrogen-bond donors (Lipinski definition) is 1. The zero-order valence-corrected chi connectivity index (χ0v) is 12.1. The molecule has 0 aliphatic rings. The lowest BCUT2D eigenvalue weighted by Gasteiger charge is -1.98. The van der Waals surface area contributed by atoms with E-state index in [1.165, 1.54) is 35.6 Å². The van der Waals surface area contributed by atoms with Crippen molar-refractivity contribution in [3.8, 4) is 0 Å². The molecule has 0 unspecified atom stereocenters. The summed E-state index contributed by atoms with van der Waals surface area (Å²) in [5.41, 5.74) is 0.404. The van der Waals surface area contributed by atoms with Gasteiger partial charge in [-0.15, -0.1) is 10.2 Å². The van der Waals surface area contributed by atoms with E-state index in [4.69, 9.17) is 9.15 Å². The number of nitrogens with one attached hydrogen (secondary N) is 1. The Morgan fingerprint density at radius 2 is 2.35 bits per heavy atom. The van der Waals surface area contributed by atoms with Gasteiger partial charge in [-0.05, 0) is 13.0 Å². The lowest BCUT2D eigenvalue weighted by Crippen LogP contribution is -2.10. The fourth-order valence-corrected chi connectivity index (χ4v) is 2.75. The normalized spacial score (nSPS) is 10.2. The molecule has 0 aliphatic heterocycles. The lowest BCUT2D eigenvalue weighted by molar-refractivity contribution is -0.139. The molecule has 20 heavy (non-hydrogen) atoms. The summed E-state index contributed by atoms with van der Waals surface area (Å²) in [6.07, 6.45) is 2.75. The summed E-state index contributed by atoms with van der Waals surface area (Å²) < 4.78 is 10.2. The van der Waals surface area contributed by atoms with Gasteiger partial charge in [-0.1, -0.05) is 23.1 Å². The number of nitrogens with zero attached hydrogens (tertiary/aromatic N) is 2. The topological polar surface area (TPSA) is 94.3 Å². The van der Waals surface area contributed by atoms with Gasteiger partial charge in [-0.2, -0.15) is 0 Å². The Morgan fingerprint density at radius 1 is 1.50 bits per heavy atom. The molecule has 2 rings (SSSR count). The minimum atomic E-state index is -0.322. The first-order valence-corrected chi connectivity index (χ1v) is 7.44. The quantitative estimate of drug-likeness (QED) is 0.495. The van der Waals surface area contributed by atoms with Gasteiger partial charge < -0.3 is 9.15 Å². The average molecular weight is 313 g/mol. The van der Waals surface area contributed by atoms with Crippen molar-refractivity contribution in [2.24, 2.45) is 0 Å². The van der Waals surface area contributed by atoms with Crippen LogP contribution in [0.1, 0.15) is 17.3 Å². The van der Waals surface area contributed by atoms with Crippen molar-refractivity contribution in [2.45, 2.75) is 11.3 Å². The molecule has 9 heteroatoms. The first-order chi connectivity index (χ1) is 9.69. The Balaban J connectivity index is 1.86. The molecule has 2 aromatic rings. The van der Waals surface area contributed by atoms with Crippen molar-refractivity contribution < 1.29 is 18.7 Å². The molecule has 0 aromatic carbocycles. The molecule has 7 nitrogen and oxygen atoms in total. The second-order valence-corrected chi connectivity index (χ2v) is 5.63. The number of hydrogen-bond acceptors (Lipinski definition) is 8. The molecule has 0 fully saturated rings. The predicted molar refractivity (Wildman–Crippen MR) is 73.9 cm³/mol. The zero-order valence-electron chi connectivity index (χ0n) is 10.5. The number of anilines is 1. The fourth-order valence-electron chi connectivity index (χ4n) is 1.20. The summed E-state index contributed by atoms with van der Waals surface area (Å²) in [6, 6.07) is 1.55. The summed E-state index contributed by atoms with van der Waals surface area (Å²) >= 11 is 2.40. The fraction of sp³-hybridized carbons (Fsp3) is 0.273. The molecule has 0 spiro atoms. The first kappa shape index (κ1) is 14.5. The largest absolute Gasteiger partial charge is 0.472 e. The summed E-state index contributed by atoms with van der Waals surface area (Å²) in [5, 5.41) is 10.6. The van der Waals surface area contributed by atoms with Crippen molar-refractivity contribution in [1.82, 2.24) is 10.2 Å². The van der Waals surface area contributed by atoms with E-state index in [1.54, 1.807) is 13.0 Å². The van der Waals surface area contributed by atoms with Gasteiger partial charge in [0.15, 0.2) is 4.34 Å². The second kappa shape index (κ2) is 7.06. The second-order valence-electron chi connectivity index (χ2n) is 3.43. The van der Waals surface area contributed by atoms with E-state index in [0.717, 1.165) is 0 Å². The van der Waals surface area contributed by atoms with Crippen LogP contribution >= 0.6 is 23.1 Å². The van der Waals surface area contributed by atoms with Crippen LogP contribution in [0.25, 0.3) is 0 Å². The van der Waals surface area contributed by atoms with Crippen molar-refractivity contribution in [2.75, 3.05) is 17.7 Å². The molecule has 0 bridgehead atoms. The number of esters is 1. The third kappa shape index (κ3) is 4.07. The summed E-state index contributed by atoms with van der Waals surface area (Å²) in [7, 11) is 0. The van der Waals surface area contributed by atoms with Crippen molar-refractivity contribution in [1.29, 1.82) is 0 Å². The van der Waals surface area contributed by atoms with Gasteiger partial charge in [0.2, 0.25) is 5.13 Å². The highest BCUT2D eigenvalue weighted by Gasteiger charge is 2.12. The highest BCUT2D eigenvalue weighted by molar-refractivity contribution is 8.01. The Hall–Kier alpha value is -1.87. The van der Waals surface area contributed by atoms with E-state index in [-0.39, 0.29) is 17.6 Å². The standard InChI is InChI=1S/C11H11N3O4S2/c1-2-18-8(15)6-19-11-14-13-10(20-11)12-9(16)7-3-4-17-5-7/h3-5H,2,6H2,1H3,(H,12,13,16). The number of carbonyl (C=O) groups is 2. The highest BCUT2D eigenvalue weighted by atomic mass is 32.2. The highest BCUT2D eigenvalue weighted by Crippen LogP contribution is 2.25. The van der Waals surface area contributed by atoms with Crippen LogP contribution in [0.5, 0.6) is 0 Å². The molecule has 106 valence electrons. The van der Waals surface area contributed by atoms with Gasteiger partial charge in [0, 0.05) is 0 Å². The van der Waals surface area contributed by atoms with E-state index in [2.05, 4.69) is 15.5 Å². The number of amides is 1. The zero-order chi connectivity index (χ0) is 14.4. The molecule has 2 heterocycles. The molecule has 1 N–H and O–H groups in total. The molecule has 0 saturated heterocycles. The molecule has 0 radical (unpaired) electrons. The minimum absolute atomic E-state index is 0.165. The number of ether oxygens (including phenoxy) is 1. The van der Waals surface area contributed by atoms with Gasteiger partial charge >= 0.3 is 5.97 Å². The van der Waals surface area contributed by atoms with Crippen LogP contribution < -0.4 is 5.32 Å². The Morgan fingerprint density at radius 3 is 3.05 bits per heavy atom. The van der Waals surface area contributed by atoms with E-state index >= 15 is 0 Å². The summed E-state index contributed by atoms with van der Waals surface area (Å²) in [5.74, 6) is -0.466. The van der Waals surface area contributed by atoms with Crippen molar-refractivity contribution in [3.63, 3.8) is 0 Å². The van der Waals surface area contributed by atoms with Crippen molar-refractivity contribution in [3.05, 3.63) is 24.2 Å². The van der Waals surface area contributed by atoms with Crippen molar-refractivity contribution >= 4 is 40.1 Å². The number of furan rings is 1. The first-order valence-electron chi connectivity index (χ1n) is 5.64. The third-order valence-electron chi connectivity index (χ3n) is 2.03. The van der Waals surface area contributed by atoms with Gasteiger partial charge in [-0.25, -0.2) is 0 Å². The van der Waals surface area contributed by atoms with Crippen LogP contribution in [0.3, 0.4) is 0 Å². The van der Waals surface area contributed by atoms with Gasteiger partial charge in [-0.3, -0.25) is 14.9 Å². The lowest BCUT2D eigenvalue weighted by atomic mass is 10.3. The molecule has 0 saturated carbocycles. The van der Waals surface area contributed by atoms with Gasteiger partial charge in [0.1, 0.15) is 6.26 Å². The number of carbonyl (C=O) groups excluding carboxylic acids is 2. The molecule has 1 amide bonds. The van der Waals surface area contributed by atoms with E-state index in [0.29, 0.717) is 21.6 Å². The minimum Gasteiger partial charge on any atom is -0.472 e. The summed E-state index contributed by atoms with van der Waals surface area (Å²) in [4.78, 5) is 22.9. The van der Waals surface area contributed by atoms with Crippen LogP contribution in [0.2, 0.25) is 0 Å². The monoisotopic (exact) mass is 313 g/mol. The number of aromatic nitrogens is 2. The maximum atomic E-state index is 11.7. The SMILES string of the molecule is CCOC(=O)CSc1nnc(NC(=O)c2ccoc2)s1. The average Bonchev–Trinajstić information content (AvgIpc) is 3.08. The smallest absolute Gasteiger partial charge is 0.316 e. The number of thioether (sulfide) groups is 1. The van der Waals surface area contributed by atoms with E-state index in [1.807, 2.05) is 0 Å². The van der Waals surface area contributed by atoms with Crippen LogP contribution in [0.15, 0.2) is 27.3 Å². The predicted octanol–water partition coefficient (Wildman–Crippen LogP) is 2.04.